The molecular weight excluding hydrogens is 619 g/mol. The maximum atomic E-state index is 13.1. The van der Waals surface area contributed by atoms with Crippen LogP contribution in [-0.4, -0.2) is 65.1 Å². The van der Waals surface area contributed by atoms with E-state index >= 15 is 0 Å². The average molecular weight is 638 g/mol. The number of carbonyl (C=O) groups excluding carboxylic acids is 1. The number of alkyl halides is 6. The maximum absolute atomic E-state index is 13.1. The van der Waals surface area contributed by atoms with Gasteiger partial charge in [-0.15, -0.1) is 10.2 Å². The van der Waals surface area contributed by atoms with Gasteiger partial charge in [0.25, 0.3) is 5.91 Å². The Kier molecular flexibility index (Phi) is 8.98. The molecule has 2 heterocycles. The quantitative estimate of drug-likeness (QED) is 0.265. The number of aliphatic hydroxyl groups excluding tert-OH is 1. The van der Waals surface area contributed by atoms with Crippen molar-refractivity contribution in [2.24, 2.45) is 0 Å². The summed E-state index contributed by atoms with van der Waals surface area (Å²) in [5.41, 5.74) is -0.911. The van der Waals surface area contributed by atoms with Crippen molar-refractivity contribution in [3.05, 3.63) is 80.7 Å². The van der Waals surface area contributed by atoms with Crippen LogP contribution in [-0.2, 0) is 13.1 Å². The molecule has 0 unspecified atom stereocenters. The third-order valence-corrected chi connectivity index (χ3v) is 6.30. The highest BCUT2D eigenvalue weighted by Crippen LogP contribution is 2.26. The van der Waals surface area contributed by atoms with Gasteiger partial charge in [-0.05, 0) is 36.4 Å². The molecule has 0 saturated heterocycles. The van der Waals surface area contributed by atoms with Gasteiger partial charge in [-0.25, -0.2) is 19.1 Å². The van der Waals surface area contributed by atoms with Crippen molar-refractivity contribution in [3.8, 4) is 17.1 Å². The molecule has 4 aromatic rings. The molecule has 2 aromatic heterocycles. The molecule has 0 aliphatic rings. The second-order valence-electron chi connectivity index (χ2n) is 8.80. The topological polar surface area (TPSA) is 120 Å². The lowest BCUT2D eigenvalue weighted by Crippen LogP contribution is -2.37. The highest BCUT2D eigenvalue weighted by Gasteiger charge is 2.39. The fourth-order valence-corrected chi connectivity index (χ4v) is 4.14. The highest BCUT2D eigenvalue weighted by atomic mass is 35.5. The van der Waals surface area contributed by atoms with E-state index in [2.05, 4.69) is 20.5 Å². The molecule has 0 aliphatic heterocycles. The van der Waals surface area contributed by atoms with Crippen LogP contribution >= 0.6 is 23.2 Å². The van der Waals surface area contributed by atoms with Crippen molar-refractivity contribution in [1.82, 2.24) is 34.4 Å². The van der Waals surface area contributed by atoms with E-state index in [0.717, 1.165) is 15.7 Å². The second-order valence-corrected chi connectivity index (χ2v) is 9.64. The maximum Gasteiger partial charge on any atom is 0.416 e. The zero-order valence-corrected chi connectivity index (χ0v) is 22.5. The van der Waals surface area contributed by atoms with E-state index in [1.165, 1.54) is 42.5 Å². The molecular formula is C24H19Cl2F6N7O3. The Labute approximate surface area is 242 Å². The highest BCUT2D eigenvalue weighted by molar-refractivity contribution is 6.33. The summed E-state index contributed by atoms with van der Waals surface area (Å²) < 4.78 is 79.2. The fourth-order valence-electron chi connectivity index (χ4n) is 3.75. The number of hydrogen-bond donors (Lipinski definition) is 2. The normalized spacial score (nSPS) is 12.9. The van der Waals surface area contributed by atoms with E-state index in [1.54, 1.807) is 0 Å². The average Bonchev–Trinajstić information content (AvgIpc) is 3.48. The molecule has 1 atom stereocenters. The number of benzene rings is 2. The molecule has 2 aromatic carbocycles. The lowest BCUT2D eigenvalue weighted by atomic mass is 10.1. The number of aromatic nitrogens is 6. The van der Waals surface area contributed by atoms with E-state index in [9.17, 15) is 41.0 Å². The van der Waals surface area contributed by atoms with Crippen LogP contribution in [0, 0.1) is 0 Å². The summed E-state index contributed by atoms with van der Waals surface area (Å²) in [6, 6.07) is 9.85. The summed E-state index contributed by atoms with van der Waals surface area (Å²) in [5.74, 6) is -1.13. The third-order valence-electron chi connectivity index (χ3n) is 5.74. The molecule has 0 radical (unpaired) electrons. The molecule has 0 saturated carbocycles. The van der Waals surface area contributed by atoms with Crippen LogP contribution in [0.1, 0.15) is 22.6 Å². The van der Waals surface area contributed by atoms with E-state index in [4.69, 9.17) is 23.2 Å². The number of aliphatic hydroxyl groups is 1. The van der Waals surface area contributed by atoms with E-state index in [-0.39, 0.29) is 33.5 Å². The van der Waals surface area contributed by atoms with Gasteiger partial charge in [-0.3, -0.25) is 9.36 Å². The third kappa shape index (κ3) is 7.30. The Hall–Kier alpha value is -3.89. The molecule has 0 spiro atoms. The van der Waals surface area contributed by atoms with Gasteiger partial charge in [0.15, 0.2) is 17.8 Å². The van der Waals surface area contributed by atoms with E-state index in [0.29, 0.717) is 9.59 Å². The van der Waals surface area contributed by atoms with Gasteiger partial charge in [0.2, 0.25) is 0 Å². The molecule has 10 nitrogen and oxygen atoms in total. The summed E-state index contributed by atoms with van der Waals surface area (Å²) in [7, 11) is 0. The van der Waals surface area contributed by atoms with Gasteiger partial charge in [0, 0.05) is 17.1 Å². The molecule has 42 heavy (non-hydrogen) atoms. The van der Waals surface area contributed by atoms with Crippen molar-refractivity contribution >= 4 is 29.1 Å². The predicted octanol–water partition coefficient (Wildman–Crippen LogP) is 4.25. The van der Waals surface area contributed by atoms with Crippen LogP contribution in [0.25, 0.3) is 17.1 Å². The monoisotopic (exact) mass is 637 g/mol. The SMILES string of the molecule is O=C(NCCC(F)(F)F)c1cccc(Cl)c1-n1cnc(Cn2nc(-c3ccc(Cl)cc3)n(C[C@H](O)C(F)(F)F)c2=O)n1. The number of amides is 1. The lowest BCUT2D eigenvalue weighted by molar-refractivity contribution is -0.207. The first-order valence-corrected chi connectivity index (χ1v) is 12.6. The predicted molar refractivity (Wildman–Crippen MR) is 137 cm³/mol. The minimum absolute atomic E-state index is 0.00234. The number of halogens is 8. The number of carbonyl (C=O) groups is 1. The largest absolute Gasteiger partial charge is 0.416 e. The van der Waals surface area contributed by atoms with E-state index in [1.807, 2.05) is 0 Å². The van der Waals surface area contributed by atoms with Crippen molar-refractivity contribution < 1.29 is 36.2 Å². The van der Waals surface area contributed by atoms with Crippen molar-refractivity contribution in [2.45, 2.75) is 38.0 Å². The van der Waals surface area contributed by atoms with Crippen LogP contribution in [0.5, 0.6) is 0 Å². The molecule has 2 N–H and O–H groups in total. The van der Waals surface area contributed by atoms with Gasteiger partial charge in [-0.2, -0.15) is 26.3 Å². The van der Waals surface area contributed by atoms with Crippen molar-refractivity contribution in [3.63, 3.8) is 0 Å². The van der Waals surface area contributed by atoms with Crippen LogP contribution in [0.15, 0.2) is 53.6 Å². The minimum Gasteiger partial charge on any atom is -0.382 e. The van der Waals surface area contributed by atoms with Crippen LogP contribution in [0.3, 0.4) is 0 Å². The minimum atomic E-state index is -5.01. The first-order valence-electron chi connectivity index (χ1n) is 11.9. The molecule has 0 bridgehead atoms. The molecule has 18 heteroatoms. The van der Waals surface area contributed by atoms with Crippen molar-refractivity contribution in [2.75, 3.05) is 6.54 Å². The Morgan fingerprint density at radius 3 is 2.36 bits per heavy atom. The van der Waals surface area contributed by atoms with Gasteiger partial charge in [0.1, 0.15) is 12.9 Å². The second kappa shape index (κ2) is 12.1. The Morgan fingerprint density at radius 1 is 1.02 bits per heavy atom. The smallest absolute Gasteiger partial charge is 0.382 e. The zero-order valence-electron chi connectivity index (χ0n) is 21.0. The molecule has 1 amide bonds. The molecule has 0 aliphatic carbocycles. The van der Waals surface area contributed by atoms with Gasteiger partial charge in [-0.1, -0.05) is 29.3 Å². The van der Waals surface area contributed by atoms with Gasteiger partial charge in [0.05, 0.1) is 29.2 Å². The lowest BCUT2D eigenvalue weighted by Gasteiger charge is -2.15. The molecule has 4 rings (SSSR count). The molecule has 224 valence electrons. The number of hydrogen-bond acceptors (Lipinski definition) is 6. The zero-order chi connectivity index (χ0) is 30.8. The van der Waals surface area contributed by atoms with Crippen molar-refractivity contribution in [1.29, 1.82) is 0 Å². The Morgan fingerprint density at radius 2 is 1.71 bits per heavy atom. The van der Waals surface area contributed by atoms with E-state index < -0.39 is 56.1 Å². The summed E-state index contributed by atoms with van der Waals surface area (Å²) in [4.78, 5) is 29.7. The summed E-state index contributed by atoms with van der Waals surface area (Å²) >= 11 is 12.1. The van der Waals surface area contributed by atoms with Crippen LogP contribution in [0.4, 0.5) is 26.3 Å². The number of rotatable bonds is 9. The first kappa shape index (κ1) is 31.1. The number of para-hydroxylation sites is 1. The summed E-state index contributed by atoms with van der Waals surface area (Å²) in [6.45, 7) is -2.27. The molecule has 0 fully saturated rings. The Balaban J connectivity index is 1.65. The number of nitrogens with zero attached hydrogens (tertiary/aromatic N) is 6. The first-order chi connectivity index (χ1) is 19.6. The fraction of sp³-hybridized carbons (Fsp3) is 0.292. The van der Waals surface area contributed by atoms with Gasteiger partial charge < -0.3 is 10.4 Å². The van der Waals surface area contributed by atoms with Crippen LogP contribution < -0.4 is 11.0 Å². The van der Waals surface area contributed by atoms with Crippen LogP contribution in [0.2, 0.25) is 10.0 Å². The number of nitrogens with one attached hydrogen (secondary N) is 1. The summed E-state index contributed by atoms with van der Waals surface area (Å²) in [6.07, 6.45) is -12.5. The standard InChI is InChI=1S/C24H19Cl2F6N7O3/c25-14-6-4-13(5-7-14)20-36-38(22(42)37(20)10-17(40)24(30,31)32)11-18-34-12-39(35-18)19-15(2-1-3-16(19)26)21(41)33-9-8-23(27,28)29/h1-7,12,17,40H,8-11H2,(H,33,41)/t17-/m0/s1. The Bertz CT molecular complexity index is 1630. The van der Waals surface area contributed by atoms with Gasteiger partial charge >= 0.3 is 18.0 Å². The summed E-state index contributed by atoms with van der Waals surface area (Å²) in [5, 5.41) is 20.4.